The van der Waals surface area contributed by atoms with E-state index in [4.69, 9.17) is 14.9 Å². The number of hydrogen-bond donors (Lipinski definition) is 2. The average molecular weight is 367 g/mol. The van der Waals surface area contributed by atoms with Crippen molar-refractivity contribution in [3.8, 4) is 0 Å². The Kier molecular flexibility index (Phi) is 4.60. The molecule has 1 aliphatic heterocycles. The fourth-order valence-electron chi connectivity index (χ4n) is 2.30. The molecule has 0 amide bonds. The molecule has 1 aliphatic rings. The lowest BCUT2D eigenvalue weighted by Gasteiger charge is -2.35. The molecule has 0 bridgehead atoms. The molecule has 0 aliphatic carbocycles. The smallest absolute Gasteiger partial charge is 0.245 e. The Bertz CT molecular complexity index is 582. The highest BCUT2D eigenvalue weighted by atomic mass is 79.9. The quantitative estimate of drug-likeness (QED) is 0.845. The normalized spacial score (nSPS) is 22.9. The van der Waals surface area contributed by atoms with Gasteiger partial charge in [0, 0.05) is 18.7 Å². The van der Waals surface area contributed by atoms with Gasteiger partial charge in [0.25, 0.3) is 0 Å². The van der Waals surface area contributed by atoms with Crippen LogP contribution in [-0.2, 0) is 21.3 Å². The lowest BCUT2D eigenvalue weighted by molar-refractivity contribution is -0.0599. The van der Waals surface area contributed by atoms with Crippen LogP contribution in [0.2, 0.25) is 0 Å². The second-order valence-corrected chi connectivity index (χ2v) is 7.88. The first-order chi connectivity index (χ1) is 9.23. The number of nitrogens with one attached hydrogen (secondary N) is 1. The van der Waals surface area contributed by atoms with E-state index in [0.717, 1.165) is 0 Å². The molecule has 0 radical (unpaired) electrons. The van der Waals surface area contributed by atoms with Gasteiger partial charge in [-0.15, -0.1) is 0 Å². The van der Waals surface area contributed by atoms with Crippen molar-refractivity contribution in [3.05, 3.63) is 16.5 Å². The van der Waals surface area contributed by atoms with Gasteiger partial charge < -0.3 is 14.9 Å². The maximum atomic E-state index is 12.4. The van der Waals surface area contributed by atoms with Gasteiger partial charge in [-0.1, -0.05) is 0 Å². The molecule has 114 valence electrons. The van der Waals surface area contributed by atoms with E-state index in [1.807, 2.05) is 13.8 Å². The summed E-state index contributed by atoms with van der Waals surface area (Å²) in [5.41, 5.74) is 5.13. The van der Waals surface area contributed by atoms with Gasteiger partial charge in [-0.25, -0.2) is 13.1 Å². The lowest BCUT2D eigenvalue weighted by atomic mass is 9.95. The molecule has 3 N–H and O–H groups in total. The number of ether oxygens (including phenoxy) is 1. The van der Waals surface area contributed by atoms with Crippen molar-refractivity contribution >= 4 is 26.0 Å². The van der Waals surface area contributed by atoms with Gasteiger partial charge in [-0.2, -0.15) is 0 Å². The third-order valence-electron chi connectivity index (χ3n) is 3.22. The van der Waals surface area contributed by atoms with Crippen LogP contribution >= 0.6 is 15.9 Å². The molecule has 1 aromatic heterocycles. The predicted molar refractivity (Wildman–Crippen MR) is 77.7 cm³/mol. The predicted octanol–water partition coefficient (Wildman–Crippen LogP) is 1.74. The Morgan fingerprint density at radius 2 is 2.25 bits per heavy atom. The molecule has 0 spiro atoms. The topological polar surface area (TPSA) is 94.6 Å². The Balaban J connectivity index is 2.16. The van der Waals surface area contributed by atoms with Gasteiger partial charge in [0.2, 0.25) is 10.0 Å². The highest BCUT2D eigenvalue weighted by molar-refractivity contribution is 9.10. The summed E-state index contributed by atoms with van der Waals surface area (Å²) in [4.78, 5) is 0.0854. The van der Waals surface area contributed by atoms with Gasteiger partial charge in [0.15, 0.2) is 4.67 Å². The molecular weight excluding hydrogens is 348 g/mol. The third kappa shape index (κ3) is 3.62. The molecule has 0 saturated carbocycles. The van der Waals surface area contributed by atoms with E-state index in [-0.39, 0.29) is 27.8 Å². The Labute approximate surface area is 127 Å². The number of rotatable bonds is 4. The van der Waals surface area contributed by atoms with E-state index in [1.165, 1.54) is 6.07 Å². The number of furan rings is 1. The molecule has 2 heterocycles. The van der Waals surface area contributed by atoms with E-state index in [1.54, 1.807) is 0 Å². The summed E-state index contributed by atoms with van der Waals surface area (Å²) >= 11 is 3.11. The maximum absolute atomic E-state index is 12.4. The zero-order chi connectivity index (χ0) is 15.0. The van der Waals surface area contributed by atoms with Crippen LogP contribution in [0, 0.1) is 0 Å². The third-order valence-corrected chi connectivity index (χ3v) is 5.59. The fraction of sp³-hybridized carbons (Fsp3) is 0.667. The molecular formula is C12H19BrN2O4S. The van der Waals surface area contributed by atoms with E-state index in [9.17, 15) is 8.42 Å². The van der Waals surface area contributed by atoms with Gasteiger partial charge in [-0.3, -0.25) is 0 Å². The second-order valence-electron chi connectivity index (χ2n) is 5.47. The molecule has 1 unspecified atom stereocenters. The molecule has 1 fully saturated rings. The van der Waals surface area contributed by atoms with Crippen LogP contribution in [0.4, 0.5) is 0 Å². The Morgan fingerprint density at radius 1 is 1.55 bits per heavy atom. The van der Waals surface area contributed by atoms with E-state index >= 15 is 0 Å². The summed E-state index contributed by atoms with van der Waals surface area (Å²) in [6, 6.07) is 1.29. The van der Waals surface area contributed by atoms with Crippen molar-refractivity contribution in [1.82, 2.24) is 4.72 Å². The standard InChI is InChI=1S/C12H19BrN2O4S/c1-12(2)6-8(3-4-18-12)15-20(16,17)10-5-9(7-14)19-11(10)13/h5,8,15H,3-4,6-7,14H2,1-2H3. The second kappa shape index (κ2) is 5.76. The van der Waals surface area contributed by atoms with E-state index in [2.05, 4.69) is 20.7 Å². The minimum Gasteiger partial charge on any atom is -0.452 e. The minimum atomic E-state index is -3.63. The number of nitrogens with two attached hydrogens (primary N) is 1. The van der Waals surface area contributed by atoms with Crippen LogP contribution < -0.4 is 10.5 Å². The molecule has 6 nitrogen and oxygen atoms in total. The van der Waals surface area contributed by atoms with Crippen molar-refractivity contribution in [2.75, 3.05) is 6.61 Å². The van der Waals surface area contributed by atoms with E-state index in [0.29, 0.717) is 25.2 Å². The zero-order valence-corrected chi connectivity index (χ0v) is 13.9. The van der Waals surface area contributed by atoms with Crippen LogP contribution in [0.1, 0.15) is 32.4 Å². The van der Waals surface area contributed by atoms with Crippen molar-refractivity contribution in [1.29, 1.82) is 0 Å². The summed E-state index contributed by atoms with van der Waals surface area (Å²) in [6.45, 7) is 4.60. The van der Waals surface area contributed by atoms with Crippen molar-refractivity contribution < 1.29 is 17.6 Å². The molecule has 1 saturated heterocycles. The van der Waals surface area contributed by atoms with Crippen molar-refractivity contribution in [3.63, 3.8) is 0 Å². The fourth-order valence-corrected chi connectivity index (χ4v) is 4.57. The van der Waals surface area contributed by atoms with Crippen LogP contribution in [0.5, 0.6) is 0 Å². The molecule has 8 heteroatoms. The van der Waals surface area contributed by atoms with Gasteiger partial charge in [0.1, 0.15) is 10.7 Å². The molecule has 0 aromatic carbocycles. The van der Waals surface area contributed by atoms with Crippen LogP contribution in [0.15, 0.2) is 20.0 Å². The number of hydrogen-bond acceptors (Lipinski definition) is 5. The molecule has 2 rings (SSSR count). The highest BCUT2D eigenvalue weighted by Gasteiger charge is 2.33. The lowest BCUT2D eigenvalue weighted by Crippen LogP contribution is -2.45. The van der Waals surface area contributed by atoms with E-state index < -0.39 is 10.0 Å². The first kappa shape index (κ1) is 16.0. The summed E-state index contributed by atoms with van der Waals surface area (Å²) < 4.78 is 38.5. The van der Waals surface area contributed by atoms with Gasteiger partial charge >= 0.3 is 0 Å². The summed E-state index contributed by atoms with van der Waals surface area (Å²) in [5.74, 6) is 0.421. The summed E-state index contributed by atoms with van der Waals surface area (Å²) in [5, 5.41) is 0. The largest absolute Gasteiger partial charge is 0.452 e. The monoisotopic (exact) mass is 366 g/mol. The van der Waals surface area contributed by atoms with Crippen LogP contribution in [-0.4, -0.2) is 26.7 Å². The van der Waals surface area contributed by atoms with Crippen LogP contribution in [0.25, 0.3) is 0 Å². The SMILES string of the molecule is CC1(C)CC(NS(=O)(=O)c2cc(CN)oc2Br)CCO1. The van der Waals surface area contributed by atoms with Crippen molar-refractivity contribution in [2.24, 2.45) is 5.73 Å². The Morgan fingerprint density at radius 3 is 2.80 bits per heavy atom. The molecule has 1 atom stereocenters. The minimum absolute atomic E-state index is 0.0854. The molecule has 1 aromatic rings. The van der Waals surface area contributed by atoms with Gasteiger partial charge in [0.05, 0.1) is 12.1 Å². The summed E-state index contributed by atoms with van der Waals surface area (Å²) in [6.07, 6.45) is 1.29. The average Bonchev–Trinajstić information content (AvgIpc) is 2.69. The Hall–Kier alpha value is -0.410. The first-order valence-corrected chi connectivity index (χ1v) is 8.66. The summed E-state index contributed by atoms with van der Waals surface area (Å²) in [7, 11) is -3.63. The molecule has 20 heavy (non-hydrogen) atoms. The maximum Gasteiger partial charge on any atom is 0.245 e. The van der Waals surface area contributed by atoms with Crippen molar-refractivity contribution in [2.45, 2.75) is 49.8 Å². The zero-order valence-electron chi connectivity index (χ0n) is 11.5. The number of halogens is 1. The first-order valence-electron chi connectivity index (χ1n) is 6.38. The highest BCUT2D eigenvalue weighted by Crippen LogP contribution is 2.29. The number of sulfonamides is 1. The van der Waals surface area contributed by atoms with Crippen LogP contribution in [0.3, 0.4) is 0 Å². The van der Waals surface area contributed by atoms with Gasteiger partial charge in [-0.05, 0) is 42.6 Å².